The zero-order valence-corrected chi connectivity index (χ0v) is 12.6. The molecule has 0 aromatic heterocycles. The predicted octanol–water partition coefficient (Wildman–Crippen LogP) is 3.41. The summed E-state index contributed by atoms with van der Waals surface area (Å²) in [5, 5.41) is 10.6. The summed E-state index contributed by atoms with van der Waals surface area (Å²) in [6.07, 6.45) is -3.95. The topological polar surface area (TPSA) is 49.6 Å². The number of nitrogens with zero attached hydrogens (tertiary/aromatic N) is 3. The van der Waals surface area contributed by atoms with Crippen molar-refractivity contribution in [2.24, 2.45) is 0 Å². The zero-order chi connectivity index (χ0) is 16.5. The molecule has 0 bridgehead atoms. The van der Waals surface area contributed by atoms with E-state index in [1.54, 1.807) is 4.90 Å². The molecule has 122 valence electrons. The lowest BCUT2D eigenvalue weighted by atomic mass is 10.1. The van der Waals surface area contributed by atoms with E-state index in [1.807, 2.05) is 7.05 Å². The Morgan fingerprint density at radius 3 is 2.50 bits per heavy atom. The summed E-state index contributed by atoms with van der Waals surface area (Å²) in [4.78, 5) is 14.2. The summed E-state index contributed by atoms with van der Waals surface area (Å²) in [6.45, 7) is 2.54. The van der Waals surface area contributed by atoms with Crippen LogP contribution in [0.3, 0.4) is 0 Å². The van der Waals surface area contributed by atoms with Crippen molar-refractivity contribution in [1.82, 2.24) is 4.90 Å². The van der Waals surface area contributed by atoms with Crippen LogP contribution in [-0.2, 0) is 6.18 Å². The van der Waals surface area contributed by atoms with E-state index in [0.717, 1.165) is 19.0 Å². The van der Waals surface area contributed by atoms with Gasteiger partial charge in [0, 0.05) is 25.7 Å². The lowest BCUT2D eigenvalue weighted by Crippen LogP contribution is -2.29. The number of nitro benzene ring substituents is 1. The highest BCUT2D eigenvalue weighted by atomic mass is 35.5. The van der Waals surface area contributed by atoms with Crippen LogP contribution in [0.1, 0.15) is 12.0 Å². The van der Waals surface area contributed by atoms with Gasteiger partial charge in [0.1, 0.15) is 5.69 Å². The molecule has 22 heavy (non-hydrogen) atoms. The molecule has 1 aromatic rings. The molecule has 0 amide bonds. The smallest absolute Gasteiger partial charge is 0.365 e. The number of benzene rings is 1. The van der Waals surface area contributed by atoms with Crippen LogP contribution in [0.25, 0.3) is 0 Å². The van der Waals surface area contributed by atoms with Gasteiger partial charge in [-0.15, -0.1) is 0 Å². The molecular weight excluding hydrogens is 323 g/mol. The normalized spacial score (nSPS) is 17.4. The zero-order valence-electron chi connectivity index (χ0n) is 11.9. The van der Waals surface area contributed by atoms with Gasteiger partial charge in [-0.3, -0.25) is 10.1 Å². The first-order chi connectivity index (χ1) is 10.2. The molecule has 1 aliphatic heterocycles. The average Bonchev–Trinajstić information content (AvgIpc) is 2.61. The van der Waals surface area contributed by atoms with Gasteiger partial charge in [0.25, 0.3) is 5.69 Å². The van der Waals surface area contributed by atoms with Crippen LogP contribution in [0, 0.1) is 10.1 Å². The quantitative estimate of drug-likeness (QED) is 0.613. The molecule has 1 heterocycles. The number of alkyl halides is 3. The second kappa shape index (κ2) is 6.29. The highest BCUT2D eigenvalue weighted by molar-refractivity contribution is 6.31. The van der Waals surface area contributed by atoms with Gasteiger partial charge in [0.15, 0.2) is 0 Å². The Labute approximate surface area is 130 Å². The van der Waals surface area contributed by atoms with Crippen molar-refractivity contribution in [2.75, 3.05) is 38.1 Å². The van der Waals surface area contributed by atoms with Crippen molar-refractivity contribution >= 4 is 23.0 Å². The van der Waals surface area contributed by atoms with Crippen LogP contribution in [0.4, 0.5) is 24.5 Å². The van der Waals surface area contributed by atoms with E-state index in [2.05, 4.69) is 4.90 Å². The summed E-state index contributed by atoms with van der Waals surface area (Å²) in [6, 6.07) is 1.57. The summed E-state index contributed by atoms with van der Waals surface area (Å²) >= 11 is 5.70. The highest BCUT2D eigenvalue weighted by Gasteiger charge is 2.37. The number of halogens is 4. The van der Waals surface area contributed by atoms with E-state index in [9.17, 15) is 23.3 Å². The number of hydrogen-bond acceptors (Lipinski definition) is 4. The molecule has 1 saturated heterocycles. The average molecular weight is 338 g/mol. The lowest BCUT2D eigenvalue weighted by molar-refractivity contribution is -0.384. The lowest BCUT2D eigenvalue weighted by Gasteiger charge is -2.23. The van der Waals surface area contributed by atoms with Crippen LogP contribution >= 0.6 is 11.6 Å². The van der Waals surface area contributed by atoms with Gasteiger partial charge in [-0.1, -0.05) is 11.6 Å². The third kappa shape index (κ3) is 3.61. The second-order valence-electron chi connectivity index (χ2n) is 5.22. The minimum Gasteiger partial charge on any atom is -0.365 e. The van der Waals surface area contributed by atoms with E-state index < -0.39 is 27.4 Å². The molecule has 1 aliphatic rings. The number of anilines is 1. The summed E-state index contributed by atoms with van der Waals surface area (Å²) in [5.41, 5.74) is -1.61. The first-order valence-electron chi connectivity index (χ1n) is 6.69. The highest BCUT2D eigenvalue weighted by Crippen LogP contribution is 2.41. The van der Waals surface area contributed by atoms with Crippen LogP contribution in [0.5, 0.6) is 0 Å². The van der Waals surface area contributed by atoms with E-state index >= 15 is 0 Å². The first-order valence-corrected chi connectivity index (χ1v) is 7.06. The van der Waals surface area contributed by atoms with E-state index in [1.165, 1.54) is 0 Å². The monoisotopic (exact) mass is 337 g/mol. The fourth-order valence-electron chi connectivity index (χ4n) is 2.46. The van der Waals surface area contributed by atoms with Gasteiger partial charge < -0.3 is 9.80 Å². The molecule has 9 heteroatoms. The van der Waals surface area contributed by atoms with Gasteiger partial charge in [0.05, 0.1) is 15.5 Å². The van der Waals surface area contributed by atoms with Crippen LogP contribution in [-0.4, -0.2) is 43.0 Å². The molecule has 5 nitrogen and oxygen atoms in total. The molecule has 0 aliphatic carbocycles. The molecular formula is C13H15ClF3N3O2. The molecule has 0 atom stereocenters. The van der Waals surface area contributed by atoms with Crippen molar-refractivity contribution in [1.29, 1.82) is 0 Å². The van der Waals surface area contributed by atoms with Crippen LogP contribution in [0.15, 0.2) is 12.1 Å². The Bertz CT molecular complexity index is 580. The number of likely N-dealkylation sites (N-methyl/N-ethyl adjacent to an activating group) is 1. The third-order valence-corrected chi connectivity index (χ3v) is 3.94. The molecule has 0 radical (unpaired) electrons. The Morgan fingerprint density at radius 2 is 1.91 bits per heavy atom. The Kier molecular flexibility index (Phi) is 4.81. The number of nitro groups is 1. The molecule has 0 unspecified atom stereocenters. The first kappa shape index (κ1) is 16.8. The van der Waals surface area contributed by atoms with Gasteiger partial charge in [-0.05, 0) is 26.1 Å². The van der Waals surface area contributed by atoms with Crippen molar-refractivity contribution in [3.05, 3.63) is 32.8 Å². The van der Waals surface area contributed by atoms with Gasteiger partial charge in [-0.2, -0.15) is 13.2 Å². The van der Waals surface area contributed by atoms with E-state index in [0.29, 0.717) is 25.7 Å². The summed E-state index contributed by atoms with van der Waals surface area (Å²) in [5.74, 6) is 0. The number of rotatable bonds is 2. The molecule has 0 saturated carbocycles. The molecule has 1 aromatic carbocycles. The Morgan fingerprint density at radius 1 is 1.23 bits per heavy atom. The standard InChI is InChI=1S/C13H15ClF3N3O2/c1-18-3-2-4-19(6-5-18)11-8-10(14)9(13(15,16)17)7-12(11)20(21)22/h7-8H,2-6H2,1H3. The minimum absolute atomic E-state index is 0.137. The number of hydrogen-bond donors (Lipinski definition) is 0. The van der Waals surface area contributed by atoms with E-state index in [4.69, 9.17) is 11.6 Å². The minimum atomic E-state index is -4.72. The molecule has 0 spiro atoms. The fraction of sp³-hybridized carbons (Fsp3) is 0.538. The molecule has 1 fully saturated rings. The summed E-state index contributed by atoms with van der Waals surface area (Å²) < 4.78 is 38.6. The van der Waals surface area contributed by atoms with E-state index in [-0.39, 0.29) is 5.69 Å². The maximum atomic E-state index is 12.9. The maximum Gasteiger partial charge on any atom is 0.418 e. The van der Waals surface area contributed by atoms with Crippen molar-refractivity contribution in [3.8, 4) is 0 Å². The van der Waals surface area contributed by atoms with Gasteiger partial charge >= 0.3 is 6.18 Å². The van der Waals surface area contributed by atoms with Crippen LogP contribution < -0.4 is 4.90 Å². The Balaban J connectivity index is 2.46. The summed E-state index contributed by atoms with van der Waals surface area (Å²) in [7, 11) is 1.93. The van der Waals surface area contributed by atoms with Gasteiger partial charge in [-0.25, -0.2) is 0 Å². The van der Waals surface area contributed by atoms with Crippen molar-refractivity contribution < 1.29 is 18.1 Å². The van der Waals surface area contributed by atoms with Crippen LogP contribution in [0.2, 0.25) is 5.02 Å². The second-order valence-corrected chi connectivity index (χ2v) is 5.63. The molecule has 0 N–H and O–H groups in total. The largest absolute Gasteiger partial charge is 0.418 e. The van der Waals surface area contributed by atoms with Gasteiger partial charge in [0.2, 0.25) is 0 Å². The van der Waals surface area contributed by atoms with Crippen molar-refractivity contribution in [2.45, 2.75) is 12.6 Å². The maximum absolute atomic E-state index is 12.9. The van der Waals surface area contributed by atoms with Crippen molar-refractivity contribution in [3.63, 3.8) is 0 Å². The third-order valence-electron chi connectivity index (χ3n) is 3.63. The molecule has 2 rings (SSSR count). The SMILES string of the molecule is CN1CCCN(c2cc(Cl)c(C(F)(F)F)cc2[N+](=O)[O-])CC1. The predicted molar refractivity (Wildman–Crippen MR) is 77.4 cm³/mol. The Hall–Kier alpha value is -1.54. The fourth-order valence-corrected chi connectivity index (χ4v) is 2.72.